The summed E-state index contributed by atoms with van der Waals surface area (Å²) in [6.45, 7) is 1.96. The Kier molecular flexibility index (Phi) is 6.89. The number of amides is 3. The fourth-order valence-electron chi connectivity index (χ4n) is 0.798. The van der Waals surface area contributed by atoms with Crippen molar-refractivity contribution in [1.82, 2.24) is 10.6 Å². The van der Waals surface area contributed by atoms with E-state index in [9.17, 15) is 13.8 Å². The largest absolute Gasteiger partial charge is 0.341 e. The van der Waals surface area contributed by atoms with Gasteiger partial charge in [0.15, 0.2) is 0 Å². The Morgan fingerprint density at radius 3 is 2.53 bits per heavy atom. The zero-order valence-corrected chi connectivity index (χ0v) is 9.73. The molecule has 7 heteroatoms. The van der Waals surface area contributed by atoms with Crippen LogP contribution in [0, 0.1) is 0 Å². The number of carbonyl (C=O) groups is 2. The molecule has 0 rings (SSSR count). The molecular formula is C8H17N3O3S. The van der Waals surface area contributed by atoms with Crippen LogP contribution >= 0.6 is 0 Å². The zero-order valence-electron chi connectivity index (χ0n) is 8.91. The Bertz CT molecular complexity index is 258. The molecule has 4 N–H and O–H groups in total. The van der Waals surface area contributed by atoms with E-state index in [1.54, 1.807) is 0 Å². The van der Waals surface area contributed by atoms with E-state index < -0.39 is 28.0 Å². The maximum atomic E-state index is 11.5. The standard InChI is InChI=1S/C8H17N3O3S/c1-6(15(14)5-3-4-9)7(12)11-8(13)10-2/h6H,3-5,9H2,1-2H3,(H2,10,11,12,13). The average Bonchev–Trinajstić information content (AvgIpc) is 2.24. The van der Waals surface area contributed by atoms with Gasteiger partial charge in [0.1, 0.15) is 5.25 Å². The fraction of sp³-hybridized carbons (Fsp3) is 0.750. The molecule has 2 unspecified atom stereocenters. The molecule has 15 heavy (non-hydrogen) atoms. The summed E-state index contributed by atoms with van der Waals surface area (Å²) in [5, 5.41) is 3.62. The minimum atomic E-state index is -1.29. The summed E-state index contributed by atoms with van der Waals surface area (Å²) in [7, 11) is 0.116. The quantitative estimate of drug-likeness (QED) is 0.564. The normalized spacial score (nSPS) is 14.1. The average molecular weight is 235 g/mol. The number of nitrogens with two attached hydrogens (primary N) is 1. The second kappa shape index (κ2) is 7.36. The smallest absolute Gasteiger partial charge is 0.321 e. The second-order valence-electron chi connectivity index (χ2n) is 2.94. The van der Waals surface area contributed by atoms with Gasteiger partial charge in [0.05, 0.1) is 0 Å². The summed E-state index contributed by atoms with van der Waals surface area (Å²) in [6, 6.07) is -0.595. The van der Waals surface area contributed by atoms with Gasteiger partial charge in [0.2, 0.25) is 5.91 Å². The summed E-state index contributed by atoms with van der Waals surface area (Å²) in [5.74, 6) is -0.163. The lowest BCUT2D eigenvalue weighted by atomic mass is 10.4. The number of rotatable bonds is 5. The molecule has 0 bridgehead atoms. The van der Waals surface area contributed by atoms with Crippen LogP contribution < -0.4 is 16.4 Å². The summed E-state index contributed by atoms with van der Waals surface area (Å²) >= 11 is 0. The van der Waals surface area contributed by atoms with E-state index in [4.69, 9.17) is 5.73 Å². The minimum absolute atomic E-state index is 0.374. The lowest BCUT2D eigenvalue weighted by Gasteiger charge is -2.10. The highest BCUT2D eigenvalue weighted by atomic mass is 32.2. The Morgan fingerprint density at radius 1 is 1.47 bits per heavy atom. The second-order valence-corrected chi connectivity index (χ2v) is 4.81. The van der Waals surface area contributed by atoms with Crippen molar-refractivity contribution >= 4 is 22.7 Å². The van der Waals surface area contributed by atoms with Gasteiger partial charge >= 0.3 is 6.03 Å². The first-order valence-electron chi connectivity index (χ1n) is 4.62. The molecule has 6 nitrogen and oxygen atoms in total. The van der Waals surface area contributed by atoms with Crippen molar-refractivity contribution in [2.75, 3.05) is 19.3 Å². The minimum Gasteiger partial charge on any atom is -0.341 e. The van der Waals surface area contributed by atoms with Gasteiger partial charge in [-0.05, 0) is 19.9 Å². The van der Waals surface area contributed by atoms with Gasteiger partial charge in [-0.1, -0.05) is 0 Å². The molecule has 0 aromatic carbocycles. The molecule has 0 fully saturated rings. The van der Waals surface area contributed by atoms with Crippen molar-refractivity contribution in [2.45, 2.75) is 18.6 Å². The van der Waals surface area contributed by atoms with Crippen LogP contribution in [-0.2, 0) is 15.6 Å². The summed E-state index contributed by atoms with van der Waals surface area (Å²) in [4.78, 5) is 22.1. The number of hydrogen-bond acceptors (Lipinski definition) is 4. The van der Waals surface area contributed by atoms with E-state index in [0.717, 1.165) is 0 Å². The first-order valence-corrected chi connectivity index (χ1v) is 6.01. The lowest BCUT2D eigenvalue weighted by molar-refractivity contribution is -0.119. The van der Waals surface area contributed by atoms with E-state index in [1.165, 1.54) is 14.0 Å². The number of urea groups is 1. The highest BCUT2D eigenvalue weighted by Crippen LogP contribution is 1.98. The van der Waals surface area contributed by atoms with E-state index in [2.05, 4.69) is 10.6 Å². The SMILES string of the molecule is CNC(=O)NC(=O)C(C)S(=O)CCCN. The summed E-state index contributed by atoms with van der Waals surface area (Å²) in [5.41, 5.74) is 5.26. The van der Waals surface area contributed by atoms with Crippen LogP contribution in [0.2, 0.25) is 0 Å². The van der Waals surface area contributed by atoms with Gasteiger partial charge in [0.25, 0.3) is 0 Å². The molecule has 0 heterocycles. The van der Waals surface area contributed by atoms with Crippen LogP contribution in [0.3, 0.4) is 0 Å². The molecular weight excluding hydrogens is 218 g/mol. The third-order valence-electron chi connectivity index (χ3n) is 1.78. The summed E-state index contributed by atoms with van der Waals surface area (Å²) in [6.07, 6.45) is 0.601. The van der Waals surface area contributed by atoms with Crippen molar-refractivity contribution in [3.63, 3.8) is 0 Å². The maximum Gasteiger partial charge on any atom is 0.321 e. The van der Waals surface area contributed by atoms with Gasteiger partial charge in [0, 0.05) is 23.6 Å². The van der Waals surface area contributed by atoms with E-state index in [1.807, 2.05) is 0 Å². The molecule has 0 aromatic heterocycles. The van der Waals surface area contributed by atoms with Crippen LogP contribution in [0.15, 0.2) is 0 Å². The zero-order chi connectivity index (χ0) is 11.8. The molecule has 0 saturated carbocycles. The van der Waals surface area contributed by atoms with E-state index in [0.29, 0.717) is 18.7 Å². The predicted octanol–water partition coefficient (Wildman–Crippen LogP) is -1.07. The number of nitrogens with one attached hydrogen (secondary N) is 2. The highest BCUT2D eigenvalue weighted by molar-refractivity contribution is 7.86. The number of hydrogen-bond donors (Lipinski definition) is 3. The third kappa shape index (κ3) is 5.48. The Morgan fingerprint density at radius 2 is 2.07 bits per heavy atom. The van der Waals surface area contributed by atoms with Crippen LogP contribution in [0.1, 0.15) is 13.3 Å². The summed E-state index contributed by atoms with van der Waals surface area (Å²) < 4.78 is 11.5. The molecule has 0 spiro atoms. The van der Waals surface area contributed by atoms with Crippen molar-refractivity contribution in [2.24, 2.45) is 5.73 Å². The molecule has 0 saturated heterocycles. The van der Waals surface area contributed by atoms with Crippen molar-refractivity contribution in [3.05, 3.63) is 0 Å². The molecule has 88 valence electrons. The van der Waals surface area contributed by atoms with Crippen LogP contribution in [-0.4, -0.2) is 40.7 Å². The van der Waals surface area contributed by atoms with Crippen molar-refractivity contribution < 1.29 is 13.8 Å². The van der Waals surface area contributed by atoms with Gasteiger partial charge in [-0.25, -0.2) is 4.79 Å². The van der Waals surface area contributed by atoms with E-state index >= 15 is 0 Å². The maximum absolute atomic E-state index is 11.5. The monoisotopic (exact) mass is 235 g/mol. The third-order valence-corrected chi connectivity index (χ3v) is 3.47. The van der Waals surface area contributed by atoms with Gasteiger partial charge < -0.3 is 11.1 Å². The number of carbonyl (C=O) groups excluding carboxylic acids is 2. The highest BCUT2D eigenvalue weighted by Gasteiger charge is 2.20. The molecule has 0 aliphatic rings. The molecule has 2 atom stereocenters. The van der Waals surface area contributed by atoms with Crippen molar-refractivity contribution in [1.29, 1.82) is 0 Å². The predicted molar refractivity (Wildman–Crippen MR) is 58.7 cm³/mol. The Hall–Kier alpha value is -0.950. The Balaban J connectivity index is 4.07. The van der Waals surface area contributed by atoms with Crippen molar-refractivity contribution in [3.8, 4) is 0 Å². The lowest BCUT2D eigenvalue weighted by Crippen LogP contribution is -2.43. The van der Waals surface area contributed by atoms with Gasteiger partial charge in [-0.15, -0.1) is 0 Å². The molecule has 0 aliphatic carbocycles. The van der Waals surface area contributed by atoms with Gasteiger partial charge in [-0.2, -0.15) is 0 Å². The van der Waals surface area contributed by atoms with Crippen LogP contribution in [0.25, 0.3) is 0 Å². The van der Waals surface area contributed by atoms with Crippen LogP contribution in [0.5, 0.6) is 0 Å². The molecule has 0 aliphatic heterocycles. The molecule has 0 radical (unpaired) electrons. The number of imide groups is 1. The first-order chi connectivity index (χ1) is 7.02. The van der Waals surface area contributed by atoms with Crippen LogP contribution in [0.4, 0.5) is 4.79 Å². The molecule has 0 aromatic rings. The fourth-order valence-corrected chi connectivity index (χ4v) is 1.90. The van der Waals surface area contributed by atoms with E-state index in [-0.39, 0.29) is 0 Å². The molecule has 3 amide bonds. The Labute approximate surface area is 91.4 Å². The van der Waals surface area contributed by atoms with Gasteiger partial charge in [-0.3, -0.25) is 14.3 Å². The topological polar surface area (TPSA) is 101 Å². The first kappa shape index (κ1) is 14.1.